The minimum Gasteiger partial charge on any atom is -0.0654 e. The SMILES string of the molecule is CCCC1(CCC)CCC[C]1C1CCC1C. The summed E-state index contributed by atoms with van der Waals surface area (Å²) in [5, 5.41) is 0. The van der Waals surface area contributed by atoms with E-state index in [-0.39, 0.29) is 0 Å². The molecule has 2 atom stereocenters. The van der Waals surface area contributed by atoms with Crippen molar-refractivity contribution >= 4 is 0 Å². The Kier molecular flexibility index (Phi) is 3.97. The quantitative estimate of drug-likeness (QED) is 0.585. The molecule has 0 amide bonds. The highest BCUT2D eigenvalue weighted by Gasteiger charge is 2.48. The Morgan fingerprint density at radius 3 is 2.25 bits per heavy atom. The van der Waals surface area contributed by atoms with Gasteiger partial charge in [-0.15, -0.1) is 0 Å². The van der Waals surface area contributed by atoms with Gasteiger partial charge in [0.25, 0.3) is 0 Å². The smallest absolute Gasteiger partial charge is 0.0146 e. The molecular formula is C16H29. The van der Waals surface area contributed by atoms with Crippen LogP contribution in [0.2, 0.25) is 0 Å². The first-order valence-corrected chi connectivity index (χ1v) is 7.59. The largest absolute Gasteiger partial charge is 0.0654 e. The number of hydrogen-bond donors (Lipinski definition) is 0. The lowest BCUT2D eigenvalue weighted by Gasteiger charge is -2.47. The van der Waals surface area contributed by atoms with Crippen LogP contribution < -0.4 is 0 Å². The molecular weight excluding hydrogens is 192 g/mol. The Hall–Kier alpha value is 0. The van der Waals surface area contributed by atoms with Crippen molar-refractivity contribution < 1.29 is 0 Å². The van der Waals surface area contributed by atoms with Crippen molar-refractivity contribution in [1.29, 1.82) is 0 Å². The van der Waals surface area contributed by atoms with Gasteiger partial charge in [-0.2, -0.15) is 0 Å². The summed E-state index contributed by atoms with van der Waals surface area (Å²) in [4.78, 5) is 0. The van der Waals surface area contributed by atoms with Gasteiger partial charge in [0.2, 0.25) is 0 Å². The van der Waals surface area contributed by atoms with E-state index in [0.29, 0.717) is 5.41 Å². The minimum atomic E-state index is 0.683. The highest BCUT2D eigenvalue weighted by Crippen LogP contribution is 2.59. The first-order valence-electron chi connectivity index (χ1n) is 7.59. The van der Waals surface area contributed by atoms with Crippen LogP contribution >= 0.6 is 0 Å². The molecule has 2 fully saturated rings. The van der Waals surface area contributed by atoms with Crippen molar-refractivity contribution in [2.75, 3.05) is 0 Å². The molecule has 0 heteroatoms. The summed E-state index contributed by atoms with van der Waals surface area (Å²) in [5.74, 6) is 4.02. The van der Waals surface area contributed by atoms with E-state index in [2.05, 4.69) is 20.8 Å². The van der Waals surface area contributed by atoms with Crippen molar-refractivity contribution in [1.82, 2.24) is 0 Å². The highest BCUT2D eigenvalue weighted by atomic mass is 14.5. The molecule has 0 N–H and O–H groups in total. The van der Waals surface area contributed by atoms with Crippen molar-refractivity contribution in [2.24, 2.45) is 17.3 Å². The summed E-state index contributed by atoms with van der Waals surface area (Å²) < 4.78 is 0. The third-order valence-electron chi connectivity index (χ3n) is 5.31. The molecule has 2 unspecified atom stereocenters. The first-order chi connectivity index (χ1) is 7.73. The highest BCUT2D eigenvalue weighted by molar-refractivity contribution is 5.17. The van der Waals surface area contributed by atoms with Gasteiger partial charge in [0.1, 0.15) is 0 Å². The van der Waals surface area contributed by atoms with Crippen LogP contribution in [0.3, 0.4) is 0 Å². The molecule has 1 radical (unpaired) electrons. The summed E-state index contributed by atoms with van der Waals surface area (Å²) in [6.07, 6.45) is 13.2. The second-order valence-electron chi connectivity index (χ2n) is 6.32. The summed E-state index contributed by atoms with van der Waals surface area (Å²) in [5.41, 5.74) is 0.683. The third-order valence-corrected chi connectivity index (χ3v) is 5.31. The van der Waals surface area contributed by atoms with Crippen LogP contribution in [0.15, 0.2) is 0 Å². The maximum Gasteiger partial charge on any atom is -0.0146 e. The summed E-state index contributed by atoms with van der Waals surface area (Å²) in [6.45, 7) is 7.22. The zero-order valence-corrected chi connectivity index (χ0v) is 11.5. The average Bonchev–Trinajstić information content (AvgIpc) is 2.61. The fraction of sp³-hybridized carbons (Fsp3) is 0.938. The number of hydrogen-bond acceptors (Lipinski definition) is 0. The normalized spacial score (nSPS) is 33.9. The van der Waals surface area contributed by atoms with Gasteiger partial charge in [0.05, 0.1) is 0 Å². The first kappa shape index (κ1) is 12.5. The third kappa shape index (κ3) is 2.05. The maximum atomic E-state index is 2.47. The fourth-order valence-corrected chi connectivity index (χ4v) is 4.46. The molecule has 0 saturated heterocycles. The molecule has 0 heterocycles. The van der Waals surface area contributed by atoms with E-state index in [9.17, 15) is 0 Å². The molecule has 93 valence electrons. The molecule has 2 saturated carbocycles. The molecule has 16 heavy (non-hydrogen) atoms. The summed E-state index contributed by atoms with van der Waals surface area (Å²) in [6, 6.07) is 0. The van der Waals surface area contributed by atoms with Gasteiger partial charge in [-0.25, -0.2) is 0 Å². The van der Waals surface area contributed by atoms with Crippen LogP contribution in [0, 0.1) is 23.2 Å². The topological polar surface area (TPSA) is 0 Å². The molecule has 0 aromatic rings. The second-order valence-corrected chi connectivity index (χ2v) is 6.32. The van der Waals surface area contributed by atoms with Gasteiger partial charge in [0, 0.05) is 0 Å². The van der Waals surface area contributed by atoms with Crippen molar-refractivity contribution in [3.8, 4) is 0 Å². The monoisotopic (exact) mass is 221 g/mol. The lowest BCUT2D eigenvalue weighted by Crippen LogP contribution is -2.37. The van der Waals surface area contributed by atoms with E-state index >= 15 is 0 Å². The molecule has 2 aliphatic rings. The van der Waals surface area contributed by atoms with Crippen LogP contribution in [0.5, 0.6) is 0 Å². The fourth-order valence-electron chi connectivity index (χ4n) is 4.46. The van der Waals surface area contributed by atoms with E-state index in [1.54, 1.807) is 0 Å². The zero-order valence-electron chi connectivity index (χ0n) is 11.5. The van der Waals surface area contributed by atoms with E-state index < -0.39 is 0 Å². The molecule has 0 aromatic heterocycles. The van der Waals surface area contributed by atoms with Gasteiger partial charge in [0.15, 0.2) is 0 Å². The van der Waals surface area contributed by atoms with Crippen LogP contribution in [0.1, 0.15) is 78.6 Å². The van der Waals surface area contributed by atoms with Gasteiger partial charge >= 0.3 is 0 Å². The second kappa shape index (κ2) is 5.10. The van der Waals surface area contributed by atoms with Crippen molar-refractivity contribution in [2.45, 2.75) is 78.6 Å². The molecule has 2 aliphatic carbocycles. The Morgan fingerprint density at radius 2 is 1.81 bits per heavy atom. The molecule has 0 spiro atoms. The molecule has 0 nitrogen and oxygen atoms in total. The lowest BCUT2D eigenvalue weighted by molar-refractivity contribution is 0.135. The van der Waals surface area contributed by atoms with E-state index in [1.165, 1.54) is 57.8 Å². The minimum absolute atomic E-state index is 0.683. The van der Waals surface area contributed by atoms with Gasteiger partial charge < -0.3 is 0 Å². The molecule has 0 aliphatic heterocycles. The number of rotatable bonds is 5. The van der Waals surface area contributed by atoms with Crippen LogP contribution in [0.4, 0.5) is 0 Å². The van der Waals surface area contributed by atoms with Gasteiger partial charge in [-0.1, -0.05) is 46.5 Å². The summed E-state index contributed by atoms with van der Waals surface area (Å²) in [7, 11) is 0. The van der Waals surface area contributed by atoms with Crippen LogP contribution in [0.25, 0.3) is 0 Å². The Morgan fingerprint density at radius 1 is 1.12 bits per heavy atom. The van der Waals surface area contributed by atoms with Crippen LogP contribution in [-0.2, 0) is 0 Å². The van der Waals surface area contributed by atoms with Crippen molar-refractivity contribution in [3.05, 3.63) is 5.92 Å². The standard InChI is InChI=1S/C16H29/c1-4-10-16(11-5-2)12-6-7-15(16)14-9-8-13(14)3/h13-14H,4-12H2,1-3H3. The van der Waals surface area contributed by atoms with Gasteiger partial charge in [-0.3, -0.25) is 0 Å². The van der Waals surface area contributed by atoms with E-state index in [1.807, 2.05) is 5.92 Å². The zero-order chi connectivity index (χ0) is 11.6. The van der Waals surface area contributed by atoms with Crippen LogP contribution in [-0.4, -0.2) is 0 Å². The average molecular weight is 221 g/mol. The Balaban J connectivity index is 2.08. The molecule has 0 aromatic carbocycles. The Bertz CT molecular complexity index is 212. The Labute approximate surface area is 102 Å². The molecule has 0 bridgehead atoms. The maximum absolute atomic E-state index is 2.47. The van der Waals surface area contributed by atoms with E-state index in [4.69, 9.17) is 0 Å². The lowest BCUT2D eigenvalue weighted by atomic mass is 9.58. The van der Waals surface area contributed by atoms with Gasteiger partial charge in [-0.05, 0) is 55.3 Å². The van der Waals surface area contributed by atoms with Crippen molar-refractivity contribution in [3.63, 3.8) is 0 Å². The predicted octanol–water partition coefficient (Wildman–Crippen LogP) is 5.38. The molecule has 2 rings (SSSR count). The predicted molar refractivity (Wildman–Crippen MR) is 71.2 cm³/mol. The van der Waals surface area contributed by atoms with E-state index in [0.717, 1.165) is 11.8 Å². The summed E-state index contributed by atoms with van der Waals surface area (Å²) >= 11 is 0.